The summed E-state index contributed by atoms with van der Waals surface area (Å²) >= 11 is 0. The molecule has 1 heterocycles. The Morgan fingerprint density at radius 1 is 1.15 bits per heavy atom. The van der Waals surface area contributed by atoms with Gasteiger partial charge in [-0.3, -0.25) is 0 Å². The second-order valence-corrected chi connectivity index (χ2v) is 4.71. The lowest BCUT2D eigenvalue weighted by atomic mass is 10.2. The number of anilines is 1. The molecule has 0 fully saturated rings. The molecule has 1 aromatic carbocycles. The van der Waals surface area contributed by atoms with Gasteiger partial charge in [-0.25, -0.2) is 0 Å². The second kappa shape index (κ2) is 6.85. The van der Waals surface area contributed by atoms with E-state index in [2.05, 4.69) is 48.2 Å². The molecular weight excluding hydrogens is 250 g/mol. The lowest BCUT2D eigenvalue weighted by Crippen LogP contribution is -2.22. The topological polar surface area (TPSA) is 25.6 Å². The van der Waals surface area contributed by atoms with E-state index >= 15 is 0 Å². The quantitative estimate of drug-likeness (QED) is 0.737. The van der Waals surface area contributed by atoms with Crippen LogP contribution >= 0.6 is 0 Å². The molecule has 2 rings (SSSR count). The standard InChI is InChI=1S/C17H21NO2/c1-4-5-12-18(15-8-6-14(2)7-9-15)13-16-10-11-17(19-3)20-16/h4-11H,12-13H2,1-3H3/b5-4+. The number of furan rings is 1. The molecule has 0 atom stereocenters. The minimum Gasteiger partial charge on any atom is -0.468 e. The average molecular weight is 271 g/mol. The lowest BCUT2D eigenvalue weighted by molar-refractivity contribution is 0.294. The van der Waals surface area contributed by atoms with Crippen molar-refractivity contribution in [1.29, 1.82) is 0 Å². The summed E-state index contributed by atoms with van der Waals surface area (Å²) in [5, 5.41) is 0. The number of hydrogen-bond donors (Lipinski definition) is 0. The Balaban J connectivity index is 2.16. The molecule has 0 aliphatic carbocycles. The Kier molecular flexibility index (Phi) is 4.88. The molecule has 0 radical (unpaired) electrons. The molecule has 106 valence electrons. The highest BCUT2D eigenvalue weighted by molar-refractivity contribution is 5.48. The van der Waals surface area contributed by atoms with Crippen molar-refractivity contribution < 1.29 is 9.15 Å². The number of benzene rings is 1. The van der Waals surface area contributed by atoms with Gasteiger partial charge in [0.2, 0.25) is 0 Å². The highest BCUT2D eigenvalue weighted by atomic mass is 16.6. The third-order valence-electron chi connectivity index (χ3n) is 3.15. The zero-order valence-corrected chi connectivity index (χ0v) is 12.3. The number of nitrogens with zero attached hydrogens (tertiary/aromatic N) is 1. The van der Waals surface area contributed by atoms with Gasteiger partial charge in [-0.2, -0.15) is 0 Å². The van der Waals surface area contributed by atoms with Gasteiger partial charge >= 0.3 is 0 Å². The largest absolute Gasteiger partial charge is 0.468 e. The zero-order valence-electron chi connectivity index (χ0n) is 12.3. The number of methoxy groups -OCH3 is 1. The van der Waals surface area contributed by atoms with Crippen LogP contribution in [0.4, 0.5) is 5.69 Å². The van der Waals surface area contributed by atoms with Crippen LogP contribution < -0.4 is 9.64 Å². The summed E-state index contributed by atoms with van der Waals surface area (Å²) < 4.78 is 10.7. The maximum absolute atomic E-state index is 5.60. The number of hydrogen-bond acceptors (Lipinski definition) is 3. The Morgan fingerprint density at radius 2 is 1.90 bits per heavy atom. The maximum atomic E-state index is 5.60. The summed E-state index contributed by atoms with van der Waals surface area (Å²) in [4.78, 5) is 2.26. The van der Waals surface area contributed by atoms with Gasteiger partial charge in [-0.05, 0) is 32.0 Å². The van der Waals surface area contributed by atoms with E-state index in [4.69, 9.17) is 9.15 Å². The molecule has 0 aliphatic rings. The van der Waals surface area contributed by atoms with E-state index in [9.17, 15) is 0 Å². The Labute approximate surface area is 120 Å². The van der Waals surface area contributed by atoms with E-state index in [-0.39, 0.29) is 0 Å². The summed E-state index contributed by atoms with van der Waals surface area (Å²) in [6.45, 7) is 5.69. The molecule has 0 saturated carbocycles. The van der Waals surface area contributed by atoms with Crippen LogP contribution in [0.5, 0.6) is 5.95 Å². The second-order valence-electron chi connectivity index (χ2n) is 4.71. The minimum atomic E-state index is 0.551. The van der Waals surface area contributed by atoms with Crippen molar-refractivity contribution in [2.45, 2.75) is 20.4 Å². The van der Waals surface area contributed by atoms with Crippen molar-refractivity contribution in [3.05, 3.63) is 59.9 Å². The highest BCUT2D eigenvalue weighted by Crippen LogP contribution is 2.21. The average Bonchev–Trinajstić information content (AvgIpc) is 2.92. The minimum absolute atomic E-state index is 0.551. The van der Waals surface area contributed by atoms with Crippen LogP contribution in [0.3, 0.4) is 0 Å². The van der Waals surface area contributed by atoms with E-state index in [0.29, 0.717) is 5.95 Å². The first-order chi connectivity index (χ1) is 9.72. The molecule has 3 heteroatoms. The molecule has 0 bridgehead atoms. The van der Waals surface area contributed by atoms with Crippen molar-refractivity contribution in [1.82, 2.24) is 0 Å². The van der Waals surface area contributed by atoms with Crippen molar-refractivity contribution >= 4 is 5.69 Å². The Morgan fingerprint density at radius 3 is 2.50 bits per heavy atom. The van der Waals surface area contributed by atoms with E-state index in [1.54, 1.807) is 7.11 Å². The predicted molar refractivity (Wildman–Crippen MR) is 82.3 cm³/mol. The van der Waals surface area contributed by atoms with Gasteiger partial charge < -0.3 is 14.1 Å². The lowest BCUT2D eigenvalue weighted by Gasteiger charge is -2.22. The van der Waals surface area contributed by atoms with Gasteiger partial charge in [0.25, 0.3) is 5.95 Å². The van der Waals surface area contributed by atoms with Crippen LogP contribution in [0.15, 0.2) is 53.0 Å². The van der Waals surface area contributed by atoms with Gasteiger partial charge in [0, 0.05) is 18.3 Å². The number of aryl methyl sites for hydroxylation is 1. The molecule has 0 N–H and O–H groups in total. The number of ether oxygens (including phenoxy) is 1. The fraction of sp³-hybridized carbons (Fsp3) is 0.294. The van der Waals surface area contributed by atoms with E-state index in [1.807, 2.05) is 19.1 Å². The third-order valence-corrected chi connectivity index (χ3v) is 3.15. The molecule has 0 amide bonds. The Bertz CT molecular complexity index is 555. The van der Waals surface area contributed by atoms with Crippen LogP contribution in [0.1, 0.15) is 18.2 Å². The Hall–Kier alpha value is -2.16. The summed E-state index contributed by atoms with van der Waals surface area (Å²) in [6.07, 6.45) is 4.20. The monoisotopic (exact) mass is 271 g/mol. The predicted octanol–water partition coefficient (Wildman–Crippen LogP) is 4.18. The first kappa shape index (κ1) is 14.3. The van der Waals surface area contributed by atoms with E-state index in [1.165, 1.54) is 11.3 Å². The number of allylic oxidation sites excluding steroid dienone is 1. The smallest absolute Gasteiger partial charge is 0.284 e. The number of rotatable bonds is 6. The van der Waals surface area contributed by atoms with Gasteiger partial charge in [-0.15, -0.1) is 0 Å². The van der Waals surface area contributed by atoms with Crippen LogP contribution in [0.2, 0.25) is 0 Å². The van der Waals surface area contributed by atoms with Crippen molar-refractivity contribution in [2.75, 3.05) is 18.6 Å². The van der Waals surface area contributed by atoms with Crippen LogP contribution in [0.25, 0.3) is 0 Å². The normalized spacial score (nSPS) is 10.9. The molecule has 0 spiro atoms. The van der Waals surface area contributed by atoms with Crippen molar-refractivity contribution in [3.63, 3.8) is 0 Å². The van der Waals surface area contributed by atoms with E-state index in [0.717, 1.165) is 18.8 Å². The summed E-state index contributed by atoms with van der Waals surface area (Å²) in [5.41, 5.74) is 2.45. The molecule has 2 aromatic rings. The van der Waals surface area contributed by atoms with E-state index < -0.39 is 0 Å². The fourth-order valence-electron chi connectivity index (χ4n) is 1.99. The molecule has 1 aromatic heterocycles. The first-order valence-electron chi connectivity index (χ1n) is 6.78. The van der Waals surface area contributed by atoms with Crippen molar-refractivity contribution in [2.24, 2.45) is 0 Å². The summed E-state index contributed by atoms with van der Waals surface area (Å²) in [7, 11) is 1.61. The molecule has 0 unspecified atom stereocenters. The summed E-state index contributed by atoms with van der Waals surface area (Å²) in [5.74, 6) is 1.45. The molecular formula is C17H21NO2. The first-order valence-corrected chi connectivity index (χ1v) is 6.78. The van der Waals surface area contributed by atoms with Crippen molar-refractivity contribution in [3.8, 4) is 5.95 Å². The molecule has 0 saturated heterocycles. The van der Waals surface area contributed by atoms with Gasteiger partial charge in [0.1, 0.15) is 5.76 Å². The third kappa shape index (κ3) is 3.67. The van der Waals surface area contributed by atoms with Crippen LogP contribution in [0, 0.1) is 6.92 Å². The fourth-order valence-corrected chi connectivity index (χ4v) is 1.99. The molecule has 3 nitrogen and oxygen atoms in total. The highest BCUT2D eigenvalue weighted by Gasteiger charge is 2.09. The van der Waals surface area contributed by atoms with Gasteiger partial charge in [0.05, 0.1) is 13.7 Å². The molecule has 0 aliphatic heterocycles. The SMILES string of the molecule is C/C=C/CN(Cc1ccc(OC)o1)c1ccc(C)cc1. The van der Waals surface area contributed by atoms with Gasteiger partial charge in [0.15, 0.2) is 0 Å². The van der Waals surface area contributed by atoms with Crippen LogP contribution in [-0.4, -0.2) is 13.7 Å². The molecule has 20 heavy (non-hydrogen) atoms. The van der Waals surface area contributed by atoms with Crippen LogP contribution in [-0.2, 0) is 6.54 Å². The summed E-state index contributed by atoms with van der Waals surface area (Å²) in [6, 6.07) is 12.3. The zero-order chi connectivity index (χ0) is 14.4. The van der Waals surface area contributed by atoms with Gasteiger partial charge in [-0.1, -0.05) is 29.8 Å². The maximum Gasteiger partial charge on any atom is 0.284 e.